The second-order valence-corrected chi connectivity index (χ2v) is 6.62. The number of halogens is 1. The summed E-state index contributed by atoms with van der Waals surface area (Å²) < 4.78 is 2.56. The van der Waals surface area contributed by atoms with E-state index in [1.54, 1.807) is 18.2 Å². The Kier molecular flexibility index (Phi) is 7.14. The number of benzene rings is 1. The summed E-state index contributed by atoms with van der Waals surface area (Å²) in [6.07, 6.45) is 0.643. The highest BCUT2D eigenvalue weighted by atomic mass is 35.5. The van der Waals surface area contributed by atoms with E-state index < -0.39 is 11.2 Å². The molecular formula is C17H20ClN5O3S. The van der Waals surface area contributed by atoms with Crippen LogP contribution in [0.5, 0.6) is 0 Å². The number of amides is 1. The fraction of sp³-hybridized carbons (Fsp3) is 0.294. The molecule has 1 amide bonds. The molecule has 0 saturated heterocycles. The van der Waals surface area contributed by atoms with Crippen molar-refractivity contribution in [3.8, 4) is 0 Å². The largest absolute Gasteiger partial charge is 0.332 e. The number of hydrogen-bond acceptors (Lipinski definition) is 5. The van der Waals surface area contributed by atoms with Gasteiger partial charge in [0.2, 0.25) is 5.91 Å². The Balaban J connectivity index is 2.41. The van der Waals surface area contributed by atoms with Crippen LogP contribution >= 0.6 is 23.8 Å². The van der Waals surface area contributed by atoms with Gasteiger partial charge in [-0.3, -0.25) is 29.6 Å². The van der Waals surface area contributed by atoms with Gasteiger partial charge in [-0.05, 0) is 36.3 Å². The molecule has 1 aromatic heterocycles. The molecule has 27 heavy (non-hydrogen) atoms. The van der Waals surface area contributed by atoms with E-state index in [1.807, 2.05) is 13.0 Å². The molecule has 0 saturated carbocycles. The van der Waals surface area contributed by atoms with E-state index in [9.17, 15) is 14.4 Å². The number of carbonyl (C=O) groups excluding carboxylic acids is 1. The molecule has 0 fully saturated rings. The summed E-state index contributed by atoms with van der Waals surface area (Å²) in [6.45, 7) is 3.70. The van der Waals surface area contributed by atoms with E-state index in [0.717, 1.165) is 5.56 Å². The number of anilines is 1. The summed E-state index contributed by atoms with van der Waals surface area (Å²) >= 11 is 11.0. The number of hydrogen-bond donors (Lipinski definition) is 3. The third-order valence-electron chi connectivity index (χ3n) is 3.55. The van der Waals surface area contributed by atoms with Crippen LogP contribution in [0.1, 0.15) is 25.8 Å². The third-order valence-corrected chi connectivity index (χ3v) is 3.99. The highest BCUT2D eigenvalue weighted by Crippen LogP contribution is 2.13. The van der Waals surface area contributed by atoms with Crippen LogP contribution in [-0.4, -0.2) is 20.2 Å². The lowest BCUT2D eigenvalue weighted by molar-refractivity contribution is -0.117. The lowest BCUT2D eigenvalue weighted by Gasteiger charge is -2.18. The molecule has 3 N–H and O–H groups in total. The van der Waals surface area contributed by atoms with Crippen LogP contribution in [0.3, 0.4) is 0 Å². The molecule has 0 spiro atoms. The van der Waals surface area contributed by atoms with Crippen molar-refractivity contribution in [1.29, 1.82) is 0 Å². The maximum Gasteiger partial charge on any atom is 0.332 e. The van der Waals surface area contributed by atoms with Crippen molar-refractivity contribution in [2.24, 2.45) is 0 Å². The highest BCUT2D eigenvalue weighted by molar-refractivity contribution is 7.80. The number of aromatic nitrogens is 2. The Hall–Kier alpha value is -2.65. The van der Waals surface area contributed by atoms with E-state index in [1.165, 1.54) is 22.1 Å². The summed E-state index contributed by atoms with van der Waals surface area (Å²) in [5.41, 5.74) is 5.20. The van der Waals surface area contributed by atoms with E-state index in [2.05, 4.69) is 16.2 Å². The predicted molar refractivity (Wildman–Crippen MR) is 109 cm³/mol. The quantitative estimate of drug-likeness (QED) is 0.493. The number of hydrazine groups is 1. The smallest absolute Gasteiger partial charge is 0.302 e. The Bertz CT molecular complexity index is 970. The molecule has 10 heteroatoms. The fourth-order valence-electron chi connectivity index (χ4n) is 2.43. The Morgan fingerprint density at radius 2 is 1.96 bits per heavy atom. The van der Waals surface area contributed by atoms with Crippen LogP contribution in [-0.2, 0) is 17.9 Å². The van der Waals surface area contributed by atoms with Gasteiger partial charge in [-0.1, -0.05) is 30.7 Å². The zero-order valence-corrected chi connectivity index (χ0v) is 16.5. The van der Waals surface area contributed by atoms with E-state index in [4.69, 9.17) is 23.8 Å². The molecule has 2 rings (SSSR count). The van der Waals surface area contributed by atoms with E-state index in [-0.39, 0.29) is 23.4 Å². The monoisotopic (exact) mass is 409 g/mol. The van der Waals surface area contributed by atoms with E-state index >= 15 is 0 Å². The Labute approximate surface area is 166 Å². The molecule has 0 atom stereocenters. The number of nitrogens with zero attached hydrogens (tertiary/aromatic N) is 2. The number of thiocarbonyl (C=S) groups is 1. The number of carbonyl (C=O) groups is 1. The standard InChI is InChI=1S/C17H20ClN5O3S/c1-3-7-22-15(25)9-14(20-21-16(27)19-11(2)24)23(17(22)26)10-12-5-4-6-13(18)8-12/h4-6,8-9,20H,3,7,10H2,1-2H3,(H2,19,21,24,27). The molecule has 0 aliphatic heterocycles. The minimum atomic E-state index is -0.459. The molecule has 1 heterocycles. The fourth-order valence-corrected chi connectivity index (χ4v) is 2.84. The maximum atomic E-state index is 12.8. The first-order valence-corrected chi connectivity index (χ1v) is 9.03. The van der Waals surface area contributed by atoms with Crippen molar-refractivity contribution in [3.05, 3.63) is 61.8 Å². The zero-order valence-electron chi connectivity index (χ0n) is 14.9. The summed E-state index contributed by atoms with van der Waals surface area (Å²) in [5, 5.41) is 2.94. The Morgan fingerprint density at radius 1 is 1.22 bits per heavy atom. The summed E-state index contributed by atoms with van der Waals surface area (Å²) in [5.74, 6) is -0.131. The molecule has 0 bridgehead atoms. The van der Waals surface area contributed by atoms with Gasteiger partial charge < -0.3 is 5.32 Å². The first-order chi connectivity index (χ1) is 12.8. The molecule has 144 valence electrons. The third kappa shape index (κ3) is 5.66. The molecule has 0 aliphatic rings. The van der Waals surface area contributed by atoms with Crippen molar-refractivity contribution in [2.75, 3.05) is 5.43 Å². The average Bonchev–Trinajstić information content (AvgIpc) is 2.59. The lowest BCUT2D eigenvalue weighted by atomic mass is 10.2. The minimum Gasteiger partial charge on any atom is -0.302 e. The molecule has 0 aliphatic carbocycles. The first-order valence-electron chi connectivity index (χ1n) is 8.24. The molecule has 8 nitrogen and oxygen atoms in total. The highest BCUT2D eigenvalue weighted by Gasteiger charge is 2.12. The van der Waals surface area contributed by atoms with Gasteiger partial charge in [0.25, 0.3) is 5.56 Å². The molecular weight excluding hydrogens is 390 g/mol. The van der Waals surface area contributed by atoms with Crippen molar-refractivity contribution in [3.63, 3.8) is 0 Å². The SMILES string of the molecule is CCCn1c(=O)cc(NNC(=S)NC(C)=O)n(Cc2cccc(Cl)c2)c1=O. The van der Waals surface area contributed by atoms with Gasteiger partial charge >= 0.3 is 5.69 Å². The minimum absolute atomic E-state index is 0.0157. The Morgan fingerprint density at radius 3 is 2.59 bits per heavy atom. The summed E-state index contributed by atoms with van der Waals surface area (Å²) in [7, 11) is 0. The van der Waals surface area contributed by atoms with Gasteiger partial charge in [-0.25, -0.2) is 4.79 Å². The van der Waals surface area contributed by atoms with Gasteiger partial charge in [0.05, 0.1) is 6.54 Å². The van der Waals surface area contributed by atoms with Crippen LogP contribution < -0.4 is 27.4 Å². The summed E-state index contributed by atoms with van der Waals surface area (Å²) in [4.78, 5) is 36.2. The van der Waals surface area contributed by atoms with Gasteiger partial charge in [-0.15, -0.1) is 0 Å². The maximum absolute atomic E-state index is 12.8. The molecule has 0 unspecified atom stereocenters. The average molecular weight is 410 g/mol. The van der Waals surface area contributed by atoms with Gasteiger partial charge in [0.15, 0.2) is 5.11 Å². The molecule has 2 aromatic rings. The van der Waals surface area contributed by atoms with Gasteiger partial charge in [0.1, 0.15) is 5.82 Å². The zero-order chi connectivity index (χ0) is 20.0. The van der Waals surface area contributed by atoms with Crippen LogP contribution in [0.15, 0.2) is 39.9 Å². The van der Waals surface area contributed by atoms with Crippen molar-refractivity contribution >= 4 is 40.7 Å². The van der Waals surface area contributed by atoms with Gasteiger partial charge in [-0.2, -0.15) is 0 Å². The van der Waals surface area contributed by atoms with Crippen LogP contribution in [0.2, 0.25) is 5.02 Å². The number of nitrogens with one attached hydrogen (secondary N) is 3. The van der Waals surface area contributed by atoms with Crippen LogP contribution in [0.4, 0.5) is 5.82 Å². The second kappa shape index (κ2) is 9.33. The second-order valence-electron chi connectivity index (χ2n) is 5.78. The van der Waals surface area contributed by atoms with Crippen molar-refractivity contribution in [2.45, 2.75) is 33.4 Å². The normalized spacial score (nSPS) is 10.3. The topological polar surface area (TPSA) is 97.2 Å². The van der Waals surface area contributed by atoms with Crippen molar-refractivity contribution < 1.29 is 4.79 Å². The first kappa shape index (κ1) is 20.7. The number of rotatable bonds is 6. The predicted octanol–water partition coefficient (Wildman–Crippen LogP) is 1.46. The van der Waals surface area contributed by atoms with E-state index in [0.29, 0.717) is 18.0 Å². The summed E-state index contributed by atoms with van der Waals surface area (Å²) in [6, 6.07) is 8.38. The van der Waals surface area contributed by atoms with Crippen LogP contribution in [0.25, 0.3) is 0 Å². The lowest BCUT2D eigenvalue weighted by Crippen LogP contribution is -2.45. The van der Waals surface area contributed by atoms with Gasteiger partial charge in [0, 0.05) is 24.6 Å². The van der Waals surface area contributed by atoms with Crippen LogP contribution in [0, 0.1) is 0 Å². The molecule has 0 radical (unpaired) electrons. The molecule has 1 aromatic carbocycles. The van der Waals surface area contributed by atoms with Crippen molar-refractivity contribution in [1.82, 2.24) is 19.9 Å².